The molecule has 28 heavy (non-hydrogen) atoms. The smallest absolute Gasteiger partial charge is 0.265 e. The van der Waals surface area contributed by atoms with Crippen LogP contribution in [-0.4, -0.2) is 31.6 Å². The van der Waals surface area contributed by atoms with Crippen molar-refractivity contribution in [3.63, 3.8) is 0 Å². The minimum atomic E-state index is -0.458. The minimum Gasteiger partial charge on any atom is -0.478 e. The average Bonchev–Trinajstić information content (AvgIpc) is 2.71. The van der Waals surface area contributed by atoms with E-state index >= 15 is 0 Å². The number of carbonyl (C=O) groups is 1. The minimum absolute atomic E-state index is 0.0907. The van der Waals surface area contributed by atoms with Crippen molar-refractivity contribution in [1.82, 2.24) is 5.32 Å². The van der Waals surface area contributed by atoms with Crippen molar-refractivity contribution in [3.8, 4) is 5.75 Å². The number of hydrogen-bond donors (Lipinski definition) is 2. The van der Waals surface area contributed by atoms with Gasteiger partial charge in [-0.05, 0) is 57.4 Å². The highest BCUT2D eigenvalue weighted by atomic mass is 16.5. The number of amides is 1. The Hall–Kier alpha value is -2.53. The third kappa shape index (κ3) is 3.85. The highest BCUT2D eigenvalue weighted by molar-refractivity contribution is 5.97. The number of rotatable bonds is 6. The molecule has 2 atom stereocenters. The number of nitrogens with zero attached hydrogens (tertiary/aromatic N) is 1. The summed E-state index contributed by atoms with van der Waals surface area (Å²) in [5.74, 6) is 0.701. The number of hydrogen-bond acceptors (Lipinski definition) is 4. The number of ether oxygens (including phenoxy) is 1. The molecule has 0 aromatic heterocycles. The zero-order valence-corrected chi connectivity index (χ0v) is 16.7. The molecule has 0 fully saturated rings. The number of aryl methyl sites for hydroxylation is 1. The van der Waals surface area contributed by atoms with Gasteiger partial charge >= 0.3 is 0 Å². The SMILES string of the molecule is CC1Oc2c(cccc2C(C)NCCCN2CCCc3ccccc32)NC1=O. The molecule has 5 heteroatoms. The summed E-state index contributed by atoms with van der Waals surface area (Å²) in [4.78, 5) is 14.3. The Morgan fingerprint density at radius 1 is 1.25 bits per heavy atom. The number of anilines is 2. The van der Waals surface area contributed by atoms with E-state index in [0.717, 1.165) is 43.1 Å². The van der Waals surface area contributed by atoms with Crippen LogP contribution in [0.15, 0.2) is 42.5 Å². The van der Waals surface area contributed by atoms with Crippen LogP contribution in [0.5, 0.6) is 5.75 Å². The van der Waals surface area contributed by atoms with E-state index in [1.54, 1.807) is 6.92 Å². The monoisotopic (exact) mass is 379 g/mol. The molecule has 2 N–H and O–H groups in total. The zero-order valence-electron chi connectivity index (χ0n) is 16.7. The summed E-state index contributed by atoms with van der Waals surface area (Å²) in [6, 6.07) is 14.9. The van der Waals surface area contributed by atoms with Crippen LogP contribution in [0.4, 0.5) is 11.4 Å². The van der Waals surface area contributed by atoms with Gasteiger partial charge in [0, 0.05) is 30.4 Å². The van der Waals surface area contributed by atoms with E-state index in [9.17, 15) is 4.79 Å². The molecule has 2 heterocycles. The molecule has 0 radical (unpaired) electrons. The van der Waals surface area contributed by atoms with Crippen molar-refractivity contribution in [2.75, 3.05) is 29.9 Å². The first-order valence-electron chi connectivity index (χ1n) is 10.3. The summed E-state index contributed by atoms with van der Waals surface area (Å²) in [6.07, 6.45) is 3.05. The molecule has 2 aliphatic rings. The van der Waals surface area contributed by atoms with Crippen LogP contribution in [0, 0.1) is 0 Å². The molecule has 148 valence electrons. The number of benzene rings is 2. The number of carbonyl (C=O) groups excluding carboxylic acids is 1. The Balaban J connectivity index is 1.33. The van der Waals surface area contributed by atoms with E-state index in [0.29, 0.717) is 0 Å². The van der Waals surface area contributed by atoms with Gasteiger partial charge < -0.3 is 20.3 Å². The van der Waals surface area contributed by atoms with Crippen molar-refractivity contribution < 1.29 is 9.53 Å². The highest BCUT2D eigenvalue weighted by Gasteiger charge is 2.26. The number of para-hydroxylation sites is 2. The van der Waals surface area contributed by atoms with E-state index in [-0.39, 0.29) is 11.9 Å². The maximum atomic E-state index is 11.8. The van der Waals surface area contributed by atoms with Crippen LogP contribution >= 0.6 is 0 Å². The molecule has 0 bridgehead atoms. The Labute approximate surface area is 167 Å². The van der Waals surface area contributed by atoms with Crippen LogP contribution in [-0.2, 0) is 11.2 Å². The number of fused-ring (bicyclic) bond motifs is 2. The van der Waals surface area contributed by atoms with Gasteiger partial charge in [0.05, 0.1) is 5.69 Å². The lowest BCUT2D eigenvalue weighted by Gasteiger charge is -2.31. The quantitative estimate of drug-likeness (QED) is 0.748. The van der Waals surface area contributed by atoms with Crippen LogP contribution < -0.4 is 20.3 Å². The second-order valence-corrected chi connectivity index (χ2v) is 7.72. The third-order valence-electron chi connectivity index (χ3n) is 5.70. The van der Waals surface area contributed by atoms with E-state index < -0.39 is 6.10 Å². The second-order valence-electron chi connectivity index (χ2n) is 7.72. The van der Waals surface area contributed by atoms with E-state index in [2.05, 4.69) is 52.8 Å². The molecule has 0 saturated carbocycles. The molecule has 2 aromatic carbocycles. The van der Waals surface area contributed by atoms with Crippen LogP contribution in [0.2, 0.25) is 0 Å². The maximum Gasteiger partial charge on any atom is 0.265 e. The summed E-state index contributed by atoms with van der Waals surface area (Å²) < 4.78 is 5.88. The molecular formula is C23H29N3O2. The van der Waals surface area contributed by atoms with Gasteiger partial charge in [-0.2, -0.15) is 0 Å². The lowest BCUT2D eigenvalue weighted by Crippen LogP contribution is -2.35. The Bertz CT molecular complexity index is 851. The normalized spacial score (nSPS) is 19.3. The van der Waals surface area contributed by atoms with Crippen LogP contribution in [0.1, 0.15) is 43.9 Å². The fourth-order valence-corrected chi connectivity index (χ4v) is 4.13. The molecule has 5 nitrogen and oxygen atoms in total. The van der Waals surface area contributed by atoms with Crippen molar-refractivity contribution in [1.29, 1.82) is 0 Å². The average molecular weight is 380 g/mol. The molecule has 0 aliphatic carbocycles. The van der Waals surface area contributed by atoms with Crippen LogP contribution in [0.3, 0.4) is 0 Å². The lowest BCUT2D eigenvalue weighted by molar-refractivity contribution is -0.122. The number of nitrogens with one attached hydrogen (secondary N) is 2. The molecule has 4 rings (SSSR count). The van der Waals surface area contributed by atoms with Gasteiger partial charge in [0.2, 0.25) is 0 Å². The van der Waals surface area contributed by atoms with Gasteiger partial charge in [-0.25, -0.2) is 0 Å². The first-order valence-corrected chi connectivity index (χ1v) is 10.3. The van der Waals surface area contributed by atoms with Crippen LogP contribution in [0.25, 0.3) is 0 Å². The van der Waals surface area contributed by atoms with Crippen molar-refractivity contribution in [3.05, 3.63) is 53.6 Å². The predicted octanol–water partition coefficient (Wildman–Crippen LogP) is 3.90. The van der Waals surface area contributed by atoms with Gasteiger partial charge in [0.15, 0.2) is 6.10 Å². The fourth-order valence-electron chi connectivity index (χ4n) is 4.13. The first-order chi connectivity index (χ1) is 13.6. The standard InChI is InChI=1S/C23H29N3O2/c1-16(19-10-5-11-20-22(19)28-17(2)23(27)25-20)24-13-7-15-26-14-6-9-18-8-3-4-12-21(18)26/h3-5,8,10-12,16-17,24H,6-7,9,13-15H2,1-2H3,(H,25,27). The summed E-state index contributed by atoms with van der Waals surface area (Å²) in [7, 11) is 0. The maximum absolute atomic E-state index is 11.8. The van der Waals surface area contributed by atoms with Gasteiger partial charge in [-0.1, -0.05) is 30.3 Å². The summed E-state index contributed by atoms with van der Waals surface area (Å²) in [5.41, 5.74) is 4.73. The van der Waals surface area contributed by atoms with Crippen molar-refractivity contribution in [2.24, 2.45) is 0 Å². The first kappa shape index (κ1) is 18.8. The predicted molar refractivity (Wildman–Crippen MR) is 113 cm³/mol. The molecule has 0 spiro atoms. The third-order valence-corrected chi connectivity index (χ3v) is 5.70. The van der Waals surface area contributed by atoms with Crippen molar-refractivity contribution in [2.45, 2.75) is 45.3 Å². The molecule has 2 unspecified atom stereocenters. The molecule has 0 saturated heterocycles. The van der Waals surface area contributed by atoms with E-state index in [4.69, 9.17) is 4.74 Å². The largest absolute Gasteiger partial charge is 0.478 e. The Kier molecular flexibility index (Phi) is 5.53. The summed E-state index contributed by atoms with van der Waals surface area (Å²) in [6.45, 7) is 7.07. The summed E-state index contributed by atoms with van der Waals surface area (Å²) >= 11 is 0. The van der Waals surface area contributed by atoms with Crippen molar-refractivity contribution >= 4 is 17.3 Å². The zero-order chi connectivity index (χ0) is 19.5. The Morgan fingerprint density at radius 2 is 2.11 bits per heavy atom. The van der Waals surface area contributed by atoms with Gasteiger partial charge in [-0.15, -0.1) is 0 Å². The van der Waals surface area contributed by atoms with Gasteiger partial charge in [0.25, 0.3) is 5.91 Å². The summed E-state index contributed by atoms with van der Waals surface area (Å²) in [5, 5.41) is 6.55. The lowest BCUT2D eigenvalue weighted by atomic mass is 10.0. The van der Waals surface area contributed by atoms with E-state index in [1.807, 2.05) is 12.1 Å². The molecule has 2 aromatic rings. The fraction of sp³-hybridized carbons (Fsp3) is 0.435. The highest BCUT2D eigenvalue weighted by Crippen LogP contribution is 2.36. The topological polar surface area (TPSA) is 53.6 Å². The molecular weight excluding hydrogens is 350 g/mol. The Morgan fingerprint density at radius 3 is 3.00 bits per heavy atom. The second kappa shape index (κ2) is 8.23. The van der Waals surface area contributed by atoms with E-state index in [1.165, 1.54) is 24.1 Å². The van der Waals surface area contributed by atoms with Gasteiger partial charge in [0.1, 0.15) is 5.75 Å². The molecule has 2 aliphatic heterocycles. The molecule has 1 amide bonds. The van der Waals surface area contributed by atoms with Gasteiger partial charge in [-0.3, -0.25) is 4.79 Å².